The number of nitrogens with zero attached hydrogens (tertiary/aromatic N) is 4. The van der Waals surface area contributed by atoms with E-state index in [9.17, 15) is 4.79 Å². The Labute approximate surface area is 144 Å². The van der Waals surface area contributed by atoms with Crippen LogP contribution in [0.5, 0.6) is 5.75 Å². The Bertz CT molecular complexity index is 1110. The molecule has 1 aliphatic heterocycles. The van der Waals surface area contributed by atoms with Gasteiger partial charge in [0, 0.05) is 11.1 Å². The molecular weight excluding hydrogens is 316 g/mol. The van der Waals surface area contributed by atoms with Gasteiger partial charge in [-0.2, -0.15) is 9.61 Å². The maximum atomic E-state index is 12.8. The number of rotatable bonds is 0. The Kier molecular flexibility index (Phi) is 2.71. The zero-order chi connectivity index (χ0) is 17.3. The second-order valence-corrected chi connectivity index (χ2v) is 7.33. The van der Waals surface area contributed by atoms with Crippen LogP contribution in [0.15, 0.2) is 23.0 Å². The molecule has 0 saturated heterocycles. The molecular formula is C19H18N4O2. The number of hydrogen-bond donors (Lipinski definition) is 0. The third-order valence-corrected chi connectivity index (χ3v) is 5.03. The van der Waals surface area contributed by atoms with Crippen molar-refractivity contribution >= 4 is 5.78 Å². The molecule has 3 heterocycles. The van der Waals surface area contributed by atoms with Crippen LogP contribution in [0.25, 0.3) is 17.0 Å². The van der Waals surface area contributed by atoms with Crippen LogP contribution in [0.1, 0.15) is 42.8 Å². The molecule has 1 aromatic carbocycles. The largest absolute Gasteiger partial charge is 0.481 e. The first-order valence-corrected chi connectivity index (χ1v) is 8.57. The molecule has 6 nitrogen and oxygen atoms in total. The van der Waals surface area contributed by atoms with E-state index < -0.39 is 5.60 Å². The summed E-state index contributed by atoms with van der Waals surface area (Å²) in [5, 5.41) is 4.62. The minimum absolute atomic E-state index is 0.0988. The first kappa shape index (κ1) is 14.6. The van der Waals surface area contributed by atoms with Crippen LogP contribution < -0.4 is 10.3 Å². The van der Waals surface area contributed by atoms with Crippen molar-refractivity contribution in [1.82, 2.24) is 19.6 Å². The third-order valence-electron chi connectivity index (χ3n) is 5.03. The summed E-state index contributed by atoms with van der Waals surface area (Å²) >= 11 is 0. The molecule has 0 N–H and O–H groups in total. The van der Waals surface area contributed by atoms with E-state index in [1.165, 1.54) is 4.52 Å². The lowest BCUT2D eigenvalue weighted by atomic mass is 9.94. The molecule has 5 rings (SSSR count). The molecule has 0 bridgehead atoms. The predicted octanol–water partition coefficient (Wildman–Crippen LogP) is 2.58. The molecule has 126 valence electrons. The van der Waals surface area contributed by atoms with Gasteiger partial charge in [-0.05, 0) is 57.7 Å². The van der Waals surface area contributed by atoms with E-state index in [0.29, 0.717) is 11.5 Å². The summed E-state index contributed by atoms with van der Waals surface area (Å²) in [6.45, 7) is 5.93. The van der Waals surface area contributed by atoms with Crippen molar-refractivity contribution in [2.45, 2.75) is 45.6 Å². The number of fused-ring (bicyclic) bond motifs is 5. The highest BCUT2D eigenvalue weighted by molar-refractivity contribution is 5.73. The second-order valence-electron chi connectivity index (χ2n) is 7.33. The van der Waals surface area contributed by atoms with Crippen LogP contribution >= 0.6 is 0 Å². The van der Waals surface area contributed by atoms with Crippen molar-refractivity contribution in [2.24, 2.45) is 0 Å². The lowest BCUT2D eigenvalue weighted by Gasteiger charge is -2.33. The average molecular weight is 334 g/mol. The van der Waals surface area contributed by atoms with E-state index in [2.05, 4.69) is 10.1 Å². The van der Waals surface area contributed by atoms with E-state index in [-0.39, 0.29) is 5.56 Å². The van der Waals surface area contributed by atoms with Gasteiger partial charge in [0.15, 0.2) is 0 Å². The average Bonchev–Trinajstić information content (AvgIpc) is 3.02. The number of ether oxygens (including phenoxy) is 1. The Balaban J connectivity index is 1.88. The number of benzene rings is 1. The van der Waals surface area contributed by atoms with Gasteiger partial charge in [0.2, 0.25) is 0 Å². The normalized spacial score (nSPS) is 16.9. The molecule has 3 aromatic rings. The van der Waals surface area contributed by atoms with Gasteiger partial charge < -0.3 is 4.74 Å². The van der Waals surface area contributed by atoms with Crippen LogP contribution in [-0.4, -0.2) is 19.6 Å². The predicted molar refractivity (Wildman–Crippen MR) is 92.9 cm³/mol. The molecule has 2 aliphatic rings. The molecule has 0 unspecified atom stereocenters. The van der Waals surface area contributed by atoms with Crippen molar-refractivity contribution in [3.63, 3.8) is 0 Å². The summed E-state index contributed by atoms with van der Waals surface area (Å²) in [5.74, 6) is 1.16. The van der Waals surface area contributed by atoms with Gasteiger partial charge in [-0.1, -0.05) is 6.07 Å². The molecule has 0 amide bonds. The van der Waals surface area contributed by atoms with E-state index in [1.807, 2.05) is 39.0 Å². The van der Waals surface area contributed by atoms with Gasteiger partial charge in [-0.15, -0.1) is 0 Å². The van der Waals surface area contributed by atoms with Gasteiger partial charge in [0.1, 0.15) is 22.7 Å². The maximum Gasteiger partial charge on any atom is 0.279 e. The van der Waals surface area contributed by atoms with Gasteiger partial charge >= 0.3 is 0 Å². The van der Waals surface area contributed by atoms with E-state index in [1.54, 1.807) is 0 Å². The van der Waals surface area contributed by atoms with Crippen LogP contribution in [0.2, 0.25) is 0 Å². The number of aromatic nitrogens is 4. The highest BCUT2D eigenvalue weighted by Gasteiger charge is 2.36. The van der Waals surface area contributed by atoms with E-state index in [4.69, 9.17) is 9.72 Å². The number of aryl methyl sites for hydroxylation is 2. The molecule has 6 heteroatoms. The minimum Gasteiger partial charge on any atom is -0.481 e. The summed E-state index contributed by atoms with van der Waals surface area (Å²) < 4.78 is 7.51. The summed E-state index contributed by atoms with van der Waals surface area (Å²) in [5.41, 5.74) is 4.30. The zero-order valence-corrected chi connectivity index (χ0v) is 14.5. The lowest BCUT2D eigenvalue weighted by molar-refractivity contribution is 0.0982. The Hall–Kier alpha value is -2.76. The van der Waals surface area contributed by atoms with Crippen molar-refractivity contribution in [3.05, 3.63) is 51.1 Å². The molecule has 0 atom stereocenters. The number of hydrogen-bond acceptors (Lipinski definition) is 5. The smallest absolute Gasteiger partial charge is 0.279 e. The Morgan fingerprint density at radius 2 is 2.04 bits per heavy atom. The van der Waals surface area contributed by atoms with Crippen LogP contribution in [0.3, 0.4) is 0 Å². The molecule has 0 radical (unpaired) electrons. The Morgan fingerprint density at radius 3 is 2.88 bits per heavy atom. The highest BCUT2D eigenvalue weighted by atomic mass is 16.5. The molecule has 0 fully saturated rings. The van der Waals surface area contributed by atoms with Crippen LogP contribution in [0, 0.1) is 6.92 Å². The van der Waals surface area contributed by atoms with Crippen LogP contribution in [0.4, 0.5) is 0 Å². The molecule has 2 aromatic heterocycles. The third kappa shape index (κ3) is 1.97. The quantitative estimate of drug-likeness (QED) is 0.632. The fourth-order valence-electron chi connectivity index (χ4n) is 3.76. The molecule has 0 spiro atoms. The minimum atomic E-state index is -0.671. The SMILES string of the molecule is Cc1ccc2c(c1)OC(C)(C)c1nn3c(=O)c4c(nc3nc1-2)CCC4. The van der Waals surface area contributed by atoms with Gasteiger partial charge in [0.05, 0.1) is 5.69 Å². The van der Waals surface area contributed by atoms with Crippen molar-refractivity contribution in [3.8, 4) is 17.0 Å². The highest BCUT2D eigenvalue weighted by Crippen LogP contribution is 2.43. The van der Waals surface area contributed by atoms with Crippen LogP contribution in [-0.2, 0) is 18.4 Å². The fraction of sp³-hybridized carbons (Fsp3) is 0.368. The van der Waals surface area contributed by atoms with Gasteiger partial charge in [0.25, 0.3) is 11.3 Å². The summed E-state index contributed by atoms with van der Waals surface area (Å²) in [6, 6.07) is 6.03. The van der Waals surface area contributed by atoms with Gasteiger partial charge in [-0.25, -0.2) is 9.97 Å². The van der Waals surface area contributed by atoms with E-state index >= 15 is 0 Å². The zero-order valence-electron chi connectivity index (χ0n) is 14.5. The lowest BCUT2D eigenvalue weighted by Crippen LogP contribution is -2.34. The van der Waals surface area contributed by atoms with E-state index in [0.717, 1.165) is 53.1 Å². The van der Waals surface area contributed by atoms with Crippen molar-refractivity contribution < 1.29 is 4.74 Å². The molecule has 25 heavy (non-hydrogen) atoms. The molecule has 1 aliphatic carbocycles. The first-order chi connectivity index (χ1) is 11.9. The first-order valence-electron chi connectivity index (χ1n) is 8.57. The second kappa shape index (κ2) is 4.65. The summed E-state index contributed by atoms with van der Waals surface area (Å²) in [4.78, 5) is 22.1. The standard InChI is InChI=1S/C19H18N4O2/c1-10-7-8-12-14(9-10)25-19(2,3)16-15(12)21-18-20-13-6-4-5-11(13)17(24)23(18)22-16/h7-9H,4-6H2,1-3H3. The Morgan fingerprint density at radius 1 is 1.20 bits per heavy atom. The maximum absolute atomic E-state index is 12.8. The molecule has 0 saturated carbocycles. The summed E-state index contributed by atoms with van der Waals surface area (Å²) in [7, 11) is 0. The monoisotopic (exact) mass is 334 g/mol. The summed E-state index contributed by atoms with van der Waals surface area (Å²) in [6.07, 6.45) is 2.57. The topological polar surface area (TPSA) is 69.4 Å². The fourth-order valence-corrected chi connectivity index (χ4v) is 3.76. The van der Waals surface area contributed by atoms with Crippen molar-refractivity contribution in [2.75, 3.05) is 0 Å². The van der Waals surface area contributed by atoms with Crippen molar-refractivity contribution in [1.29, 1.82) is 0 Å². The van der Waals surface area contributed by atoms with Gasteiger partial charge in [-0.3, -0.25) is 4.79 Å².